The molecule has 0 spiro atoms. The van der Waals surface area contributed by atoms with E-state index in [2.05, 4.69) is 46.4 Å². The van der Waals surface area contributed by atoms with Crippen LogP contribution in [0.4, 0.5) is 11.8 Å². The average molecular weight is 395 g/mol. The molecule has 1 aromatic carbocycles. The van der Waals surface area contributed by atoms with Gasteiger partial charge >= 0.3 is 0 Å². The van der Waals surface area contributed by atoms with Gasteiger partial charge in [-0.2, -0.15) is 10.1 Å². The number of hydrogen-bond acceptors (Lipinski definition) is 6. The number of aromatic nitrogens is 4. The van der Waals surface area contributed by atoms with Crippen LogP contribution in [0.3, 0.4) is 0 Å². The van der Waals surface area contributed by atoms with Crippen LogP contribution < -0.4 is 15.8 Å². The molecule has 0 atom stereocenters. The normalized spacial score (nSPS) is 11.1. The zero-order chi connectivity index (χ0) is 20.8. The van der Waals surface area contributed by atoms with Crippen LogP contribution in [-0.4, -0.2) is 33.4 Å². The second-order valence-corrected chi connectivity index (χ2v) is 7.58. The molecule has 3 aromatic rings. The smallest absolute Gasteiger partial charge is 0.222 e. The highest BCUT2D eigenvalue weighted by Crippen LogP contribution is 2.23. The third-order valence-corrected chi connectivity index (χ3v) is 4.68. The zero-order valence-electron chi connectivity index (χ0n) is 17.6. The lowest BCUT2D eigenvalue weighted by Gasteiger charge is -2.10. The first-order valence-electron chi connectivity index (χ1n) is 10.00. The van der Waals surface area contributed by atoms with Gasteiger partial charge in [-0.05, 0) is 42.9 Å². The topological polar surface area (TPSA) is 90.9 Å². The maximum atomic E-state index is 5.96. The van der Waals surface area contributed by atoms with Gasteiger partial charge in [-0.1, -0.05) is 32.0 Å². The molecule has 0 aliphatic rings. The van der Waals surface area contributed by atoms with E-state index in [1.165, 1.54) is 5.56 Å². The molecule has 3 rings (SSSR count). The summed E-state index contributed by atoms with van der Waals surface area (Å²) < 4.78 is 7.26. The Morgan fingerprint density at radius 3 is 2.72 bits per heavy atom. The zero-order valence-corrected chi connectivity index (χ0v) is 17.6. The minimum Gasteiger partial charge on any atom is -0.496 e. The lowest BCUT2D eigenvalue weighted by atomic mass is 10.1. The Balaban J connectivity index is 1.66. The summed E-state index contributed by atoms with van der Waals surface area (Å²) in [6.07, 6.45) is 2.80. The molecule has 154 valence electrons. The van der Waals surface area contributed by atoms with E-state index in [0.29, 0.717) is 5.92 Å². The SMILES string of the molecule is COc1ccccc1CCCNc1cc(-c2cc(CC(C)C)nn2C)nc(N)n1. The first kappa shape index (κ1) is 20.6. The van der Waals surface area contributed by atoms with Gasteiger partial charge in [0.25, 0.3) is 0 Å². The number of rotatable bonds is 9. The van der Waals surface area contributed by atoms with Gasteiger partial charge in [-0.3, -0.25) is 4.68 Å². The summed E-state index contributed by atoms with van der Waals surface area (Å²) in [5.74, 6) is 2.45. The van der Waals surface area contributed by atoms with Gasteiger partial charge in [0.2, 0.25) is 5.95 Å². The Bertz CT molecular complexity index is 950. The Hall–Kier alpha value is -3.09. The summed E-state index contributed by atoms with van der Waals surface area (Å²) in [5, 5.41) is 7.96. The molecular weight excluding hydrogens is 364 g/mol. The molecule has 0 saturated heterocycles. The molecule has 0 unspecified atom stereocenters. The molecule has 0 bridgehead atoms. The monoisotopic (exact) mass is 394 g/mol. The fourth-order valence-electron chi connectivity index (χ4n) is 3.38. The second kappa shape index (κ2) is 9.41. The van der Waals surface area contributed by atoms with Crippen LogP contribution in [0.5, 0.6) is 5.75 Å². The number of para-hydroxylation sites is 1. The third kappa shape index (κ3) is 5.47. The van der Waals surface area contributed by atoms with Crippen molar-refractivity contribution in [1.29, 1.82) is 0 Å². The number of nitrogen functional groups attached to an aromatic ring is 1. The van der Waals surface area contributed by atoms with Crippen LogP contribution >= 0.6 is 0 Å². The Labute approximate surface area is 172 Å². The number of nitrogens with two attached hydrogens (primary N) is 1. The fraction of sp³-hybridized carbons (Fsp3) is 0.409. The van der Waals surface area contributed by atoms with Crippen molar-refractivity contribution in [3.8, 4) is 17.1 Å². The van der Waals surface area contributed by atoms with Crippen molar-refractivity contribution in [3.05, 3.63) is 47.7 Å². The predicted molar refractivity (Wildman–Crippen MR) is 117 cm³/mol. The van der Waals surface area contributed by atoms with Crippen molar-refractivity contribution in [2.24, 2.45) is 13.0 Å². The number of methoxy groups -OCH3 is 1. The summed E-state index contributed by atoms with van der Waals surface area (Å²) in [6.45, 7) is 5.14. The number of nitrogens with zero attached hydrogens (tertiary/aromatic N) is 4. The van der Waals surface area contributed by atoms with Gasteiger partial charge in [-0.15, -0.1) is 0 Å². The van der Waals surface area contributed by atoms with E-state index in [1.807, 2.05) is 36.0 Å². The molecule has 2 heterocycles. The molecule has 0 aliphatic heterocycles. The quantitative estimate of drug-likeness (QED) is 0.538. The van der Waals surface area contributed by atoms with E-state index < -0.39 is 0 Å². The Morgan fingerprint density at radius 2 is 1.97 bits per heavy atom. The highest BCUT2D eigenvalue weighted by Gasteiger charge is 2.12. The van der Waals surface area contributed by atoms with E-state index in [1.54, 1.807) is 7.11 Å². The number of ether oxygens (including phenoxy) is 1. The van der Waals surface area contributed by atoms with Gasteiger partial charge in [0.1, 0.15) is 11.6 Å². The molecule has 2 aromatic heterocycles. The van der Waals surface area contributed by atoms with Crippen LogP contribution in [0.1, 0.15) is 31.5 Å². The maximum absolute atomic E-state index is 5.96. The van der Waals surface area contributed by atoms with Gasteiger partial charge in [0.05, 0.1) is 24.2 Å². The molecular formula is C22H30N6O. The largest absolute Gasteiger partial charge is 0.496 e. The van der Waals surface area contributed by atoms with E-state index >= 15 is 0 Å². The first-order chi connectivity index (χ1) is 14.0. The van der Waals surface area contributed by atoms with Crippen molar-refractivity contribution < 1.29 is 4.74 Å². The van der Waals surface area contributed by atoms with Crippen LogP contribution in [0.15, 0.2) is 36.4 Å². The number of nitrogens with one attached hydrogen (secondary N) is 1. The van der Waals surface area contributed by atoms with E-state index in [0.717, 1.165) is 54.5 Å². The van der Waals surface area contributed by atoms with Crippen molar-refractivity contribution in [1.82, 2.24) is 19.7 Å². The Kier molecular flexibility index (Phi) is 6.69. The first-order valence-corrected chi connectivity index (χ1v) is 10.00. The lowest BCUT2D eigenvalue weighted by molar-refractivity contribution is 0.409. The summed E-state index contributed by atoms with van der Waals surface area (Å²) in [7, 11) is 3.63. The molecule has 7 nitrogen and oxygen atoms in total. The van der Waals surface area contributed by atoms with Crippen molar-refractivity contribution in [3.63, 3.8) is 0 Å². The highest BCUT2D eigenvalue weighted by atomic mass is 16.5. The summed E-state index contributed by atoms with van der Waals surface area (Å²) in [5.41, 5.74) is 9.93. The molecule has 0 saturated carbocycles. The van der Waals surface area contributed by atoms with Crippen molar-refractivity contribution >= 4 is 11.8 Å². The number of benzene rings is 1. The van der Waals surface area contributed by atoms with Crippen molar-refractivity contribution in [2.45, 2.75) is 33.1 Å². The second-order valence-electron chi connectivity index (χ2n) is 7.58. The molecule has 0 aliphatic carbocycles. The number of anilines is 2. The minimum absolute atomic E-state index is 0.251. The summed E-state index contributed by atoms with van der Waals surface area (Å²) in [4.78, 5) is 8.73. The number of aryl methyl sites for hydroxylation is 2. The van der Waals surface area contributed by atoms with Crippen LogP contribution in [0.2, 0.25) is 0 Å². The molecule has 0 radical (unpaired) electrons. The predicted octanol–water partition coefficient (Wildman–Crippen LogP) is 3.71. The summed E-state index contributed by atoms with van der Waals surface area (Å²) in [6, 6.07) is 12.1. The lowest BCUT2D eigenvalue weighted by Crippen LogP contribution is -2.08. The number of hydrogen-bond donors (Lipinski definition) is 2. The minimum atomic E-state index is 0.251. The summed E-state index contributed by atoms with van der Waals surface area (Å²) >= 11 is 0. The van der Waals surface area contributed by atoms with Crippen LogP contribution in [0.25, 0.3) is 11.4 Å². The van der Waals surface area contributed by atoms with E-state index in [9.17, 15) is 0 Å². The van der Waals surface area contributed by atoms with Gasteiger partial charge in [-0.25, -0.2) is 4.98 Å². The van der Waals surface area contributed by atoms with E-state index in [4.69, 9.17) is 10.5 Å². The fourth-order valence-corrected chi connectivity index (χ4v) is 3.38. The molecule has 29 heavy (non-hydrogen) atoms. The van der Waals surface area contributed by atoms with Crippen LogP contribution in [0, 0.1) is 5.92 Å². The van der Waals surface area contributed by atoms with Gasteiger partial charge in [0.15, 0.2) is 0 Å². The van der Waals surface area contributed by atoms with Crippen LogP contribution in [-0.2, 0) is 19.9 Å². The third-order valence-electron chi connectivity index (χ3n) is 4.68. The molecule has 3 N–H and O–H groups in total. The molecule has 0 fully saturated rings. The highest BCUT2D eigenvalue weighted by molar-refractivity contribution is 5.61. The van der Waals surface area contributed by atoms with Crippen molar-refractivity contribution in [2.75, 3.05) is 24.7 Å². The molecule has 0 amide bonds. The Morgan fingerprint density at radius 1 is 1.17 bits per heavy atom. The van der Waals surface area contributed by atoms with Gasteiger partial charge in [0, 0.05) is 19.7 Å². The maximum Gasteiger partial charge on any atom is 0.222 e. The molecule has 7 heteroatoms. The van der Waals surface area contributed by atoms with Gasteiger partial charge < -0.3 is 15.8 Å². The average Bonchev–Trinajstić information content (AvgIpc) is 3.04. The standard InChI is InChI=1S/C22H30N6O/c1-15(2)12-17-13-19(28(3)27-17)18-14-21(26-22(23)25-18)24-11-7-9-16-8-5-6-10-20(16)29-4/h5-6,8,10,13-15H,7,9,11-12H2,1-4H3,(H3,23,24,25,26). The van der Waals surface area contributed by atoms with E-state index in [-0.39, 0.29) is 5.95 Å².